The Bertz CT molecular complexity index is 534. The maximum absolute atomic E-state index is 11.8. The molecule has 0 radical (unpaired) electrons. The minimum Gasteiger partial charge on any atom is -0.353 e. The predicted molar refractivity (Wildman–Crippen MR) is 81.0 cm³/mol. The topological polar surface area (TPSA) is 52.7 Å². The minimum atomic E-state index is -0.146. The molecule has 0 aromatic heterocycles. The first-order valence-electron chi connectivity index (χ1n) is 7.53. The average Bonchev–Trinajstić information content (AvgIpc) is 2.53. The molecular weight excluding hydrogens is 266 g/mol. The van der Waals surface area contributed by atoms with E-state index in [4.69, 9.17) is 0 Å². The number of rotatable bonds is 2. The van der Waals surface area contributed by atoms with Gasteiger partial charge in [-0.1, -0.05) is 18.6 Å². The fourth-order valence-electron chi connectivity index (χ4n) is 2.99. The van der Waals surface area contributed by atoms with E-state index in [1.54, 1.807) is 7.05 Å². The third-order valence-electron chi connectivity index (χ3n) is 4.35. The first-order valence-corrected chi connectivity index (χ1v) is 7.53. The van der Waals surface area contributed by atoms with Crippen LogP contribution >= 0.6 is 0 Å². The summed E-state index contributed by atoms with van der Waals surface area (Å²) < 4.78 is 0. The molecule has 1 N–H and O–H groups in total. The first-order chi connectivity index (χ1) is 10.1. The van der Waals surface area contributed by atoms with Crippen LogP contribution in [0.25, 0.3) is 0 Å². The number of benzene rings is 1. The zero-order valence-electron chi connectivity index (χ0n) is 12.3. The van der Waals surface area contributed by atoms with Gasteiger partial charge in [0.15, 0.2) is 0 Å². The molecule has 1 atom stereocenters. The Morgan fingerprint density at radius 3 is 2.57 bits per heavy atom. The monoisotopic (exact) mass is 287 g/mol. The van der Waals surface area contributed by atoms with Crippen LogP contribution in [0.4, 0.5) is 5.69 Å². The van der Waals surface area contributed by atoms with E-state index in [0.29, 0.717) is 6.04 Å². The van der Waals surface area contributed by atoms with Crippen molar-refractivity contribution in [3.8, 4) is 0 Å². The van der Waals surface area contributed by atoms with Crippen LogP contribution in [0.2, 0.25) is 0 Å². The smallest absolute Gasteiger partial charge is 0.248 e. The summed E-state index contributed by atoms with van der Waals surface area (Å²) in [6.07, 6.45) is 3.62. The van der Waals surface area contributed by atoms with Crippen molar-refractivity contribution >= 4 is 17.5 Å². The number of piperidine rings is 1. The van der Waals surface area contributed by atoms with Gasteiger partial charge in [0.25, 0.3) is 0 Å². The maximum atomic E-state index is 11.8. The SMILES string of the molecule is CN1C(=O)CN(c2cccc(C3CCCCN3)c2)CC1=O. The van der Waals surface area contributed by atoms with Gasteiger partial charge in [0.05, 0.1) is 13.1 Å². The summed E-state index contributed by atoms with van der Waals surface area (Å²) in [7, 11) is 1.55. The second-order valence-electron chi connectivity index (χ2n) is 5.80. The molecule has 2 aliphatic heterocycles. The molecule has 2 fully saturated rings. The number of nitrogens with one attached hydrogen (secondary N) is 1. The van der Waals surface area contributed by atoms with Gasteiger partial charge in [-0.25, -0.2) is 0 Å². The molecule has 1 aromatic carbocycles. The molecule has 0 spiro atoms. The largest absolute Gasteiger partial charge is 0.353 e. The number of likely N-dealkylation sites (N-methyl/N-ethyl adjacent to an activating group) is 1. The Balaban J connectivity index is 1.79. The van der Waals surface area contributed by atoms with E-state index in [9.17, 15) is 9.59 Å². The number of hydrogen-bond donors (Lipinski definition) is 1. The Morgan fingerprint density at radius 2 is 1.90 bits per heavy atom. The minimum absolute atomic E-state index is 0.146. The van der Waals surface area contributed by atoms with Crippen LogP contribution in [-0.4, -0.2) is 43.4 Å². The first kappa shape index (κ1) is 14.1. The normalized spacial score (nSPS) is 23.6. The fourth-order valence-corrected chi connectivity index (χ4v) is 2.99. The van der Waals surface area contributed by atoms with Crippen molar-refractivity contribution in [1.82, 2.24) is 10.2 Å². The van der Waals surface area contributed by atoms with Gasteiger partial charge >= 0.3 is 0 Å². The molecule has 2 saturated heterocycles. The van der Waals surface area contributed by atoms with Crippen molar-refractivity contribution < 1.29 is 9.59 Å². The Kier molecular flexibility index (Phi) is 3.92. The van der Waals surface area contributed by atoms with Gasteiger partial charge in [0.1, 0.15) is 0 Å². The molecule has 0 bridgehead atoms. The van der Waals surface area contributed by atoms with E-state index < -0.39 is 0 Å². The second-order valence-corrected chi connectivity index (χ2v) is 5.80. The molecule has 3 rings (SSSR count). The molecule has 2 heterocycles. The molecule has 1 unspecified atom stereocenters. The highest BCUT2D eigenvalue weighted by Gasteiger charge is 2.28. The molecular formula is C16H21N3O2. The van der Waals surface area contributed by atoms with Crippen LogP contribution in [0.5, 0.6) is 0 Å². The fraction of sp³-hybridized carbons (Fsp3) is 0.500. The molecule has 5 heteroatoms. The standard InChI is InChI=1S/C16H21N3O2/c1-18-15(20)10-19(11-16(18)21)13-6-4-5-12(9-13)14-7-2-3-8-17-14/h4-6,9,14,17H,2-3,7-8,10-11H2,1H3. The summed E-state index contributed by atoms with van der Waals surface area (Å²) >= 11 is 0. The van der Waals surface area contributed by atoms with Gasteiger partial charge in [0, 0.05) is 18.8 Å². The Morgan fingerprint density at radius 1 is 1.14 bits per heavy atom. The number of hydrogen-bond acceptors (Lipinski definition) is 4. The predicted octanol–water partition coefficient (Wildman–Crippen LogP) is 1.31. The quantitative estimate of drug-likeness (QED) is 0.833. The van der Waals surface area contributed by atoms with E-state index in [1.165, 1.54) is 23.3 Å². The summed E-state index contributed by atoms with van der Waals surface area (Å²) in [6, 6.07) is 8.59. The van der Waals surface area contributed by atoms with Crippen molar-refractivity contribution in [2.24, 2.45) is 0 Å². The molecule has 0 saturated carbocycles. The number of amides is 2. The van der Waals surface area contributed by atoms with Crippen molar-refractivity contribution in [1.29, 1.82) is 0 Å². The van der Waals surface area contributed by atoms with E-state index in [2.05, 4.69) is 17.4 Å². The van der Waals surface area contributed by atoms with Gasteiger partial charge < -0.3 is 10.2 Å². The number of nitrogens with zero attached hydrogens (tertiary/aromatic N) is 2. The zero-order valence-corrected chi connectivity index (χ0v) is 12.3. The van der Waals surface area contributed by atoms with Gasteiger partial charge in [-0.3, -0.25) is 14.5 Å². The molecule has 0 aliphatic carbocycles. The number of imide groups is 1. The summed E-state index contributed by atoms with van der Waals surface area (Å²) in [6.45, 7) is 1.59. The average molecular weight is 287 g/mol. The third-order valence-corrected chi connectivity index (χ3v) is 4.35. The van der Waals surface area contributed by atoms with Crippen LogP contribution in [0.15, 0.2) is 24.3 Å². The van der Waals surface area contributed by atoms with E-state index in [1.807, 2.05) is 17.0 Å². The lowest BCUT2D eigenvalue weighted by atomic mass is 9.97. The van der Waals surface area contributed by atoms with Gasteiger partial charge in [-0.15, -0.1) is 0 Å². The second kappa shape index (κ2) is 5.85. The third kappa shape index (κ3) is 2.93. The van der Waals surface area contributed by atoms with Crippen LogP contribution in [0.3, 0.4) is 0 Å². The highest BCUT2D eigenvalue weighted by Crippen LogP contribution is 2.27. The van der Waals surface area contributed by atoms with Crippen molar-refractivity contribution in [2.75, 3.05) is 31.6 Å². The van der Waals surface area contributed by atoms with Gasteiger partial charge in [-0.05, 0) is 37.1 Å². The van der Waals surface area contributed by atoms with Crippen LogP contribution in [0.1, 0.15) is 30.9 Å². The summed E-state index contributed by atoms with van der Waals surface area (Å²) in [5.41, 5.74) is 2.20. The van der Waals surface area contributed by atoms with Crippen LogP contribution in [0, 0.1) is 0 Å². The lowest BCUT2D eigenvalue weighted by molar-refractivity contribution is -0.143. The molecule has 1 aromatic rings. The van der Waals surface area contributed by atoms with Crippen molar-refractivity contribution in [3.05, 3.63) is 29.8 Å². The summed E-state index contributed by atoms with van der Waals surface area (Å²) in [5.74, 6) is -0.292. The maximum Gasteiger partial charge on any atom is 0.248 e. The number of anilines is 1. The Labute approximate surface area is 124 Å². The number of carbonyl (C=O) groups is 2. The lowest BCUT2D eigenvalue weighted by Crippen LogP contribution is -2.52. The zero-order chi connectivity index (χ0) is 14.8. The highest BCUT2D eigenvalue weighted by atomic mass is 16.2. The molecule has 112 valence electrons. The lowest BCUT2D eigenvalue weighted by Gasteiger charge is -2.32. The molecule has 5 nitrogen and oxygen atoms in total. The van der Waals surface area contributed by atoms with Crippen molar-refractivity contribution in [2.45, 2.75) is 25.3 Å². The molecule has 2 aliphatic rings. The van der Waals surface area contributed by atoms with Crippen molar-refractivity contribution in [3.63, 3.8) is 0 Å². The van der Waals surface area contributed by atoms with Crippen LogP contribution < -0.4 is 10.2 Å². The van der Waals surface area contributed by atoms with Crippen LogP contribution in [-0.2, 0) is 9.59 Å². The van der Waals surface area contributed by atoms with Gasteiger partial charge in [0.2, 0.25) is 11.8 Å². The molecule has 21 heavy (non-hydrogen) atoms. The summed E-state index contributed by atoms with van der Waals surface area (Å²) in [5, 5.41) is 3.53. The van der Waals surface area contributed by atoms with E-state index >= 15 is 0 Å². The summed E-state index contributed by atoms with van der Waals surface area (Å²) in [4.78, 5) is 26.7. The van der Waals surface area contributed by atoms with Gasteiger partial charge in [-0.2, -0.15) is 0 Å². The number of piperazine rings is 1. The Hall–Kier alpha value is -1.88. The van der Waals surface area contributed by atoms with E-state index in [0.717, 1.165) is 18.7 Å². The molecule has 2 amide bonds. The highest BCUT2D eigenvalue weighted by molar-refractivity contribution is 6.02. The van der Waals surface area contributed by atoms with E-state index in [-0.39, 0.29) is 24.9 Å². The number of carbonyl (C=O) groups excluding carboxylic acids is 2.